The van der Waals surface area contributed by atoms with Crippen molar-refractivity contribution in [1.29, 1.82) is 0 Å². The fourth-order valence-corrected chi connectivity index (χ4v) is 2.74. The topological polar surface area (TPSA) is 98.0 Å². The van der Waals surface area contributed by atoms with E-state index in [1.54, 1.807) is 38.4 Å². The molecule has 0 fully saturated rings. The second-order valence-electron chi connectivity index (χ2n) is 6.31. The molecular formula is C21H28FIN4O3. The molecule has 2 aromatic carbocycles. The number of hydrogen-bond acceptors (Lipinski definition) is 4. The van der Waals surface area contributed by atoms with E-state index in [0.717, 1.165) is 11.3 Å². The van der Waals surface area contributed by atoms with Crippen LogP contribution in [0.1, 0.15) is 12.5 Å². The van der Waals surface area contributed by atoms with E-state index in [9.17, 15) is 9.18 Å². The summed E-state index contributed by atoms with van der Waals surface area (Å²) in [6.45, 7) is 2.68. The molecule has 30 heavy (non-hydrogen) atoms. The van der Waals surface area contributed by atoms with Crippen molar-refractivity contribution in [2.75, 3.05) is 32.6 Å². The molecule has 0 radical (unpaired) electrons. The Morgan fingerprint density at radius 1 is 1.20 bits per heavy atom. The summed E-state index contributed by atoms with van der Waals surface area (Å²) in [6, 6.07) is 11.4. The summed E-state index contributed by atoms with van der Waals surface area (Å²) in [4.78, 5) is 16.0. The van der Waals surface area contributed by atoms with Crippen LogP contribution in [0.3, 0.4) is 0 Å². The molecule has 1 unspecified atom stereocenters. The highest BCUT2D eigenvalue weighted by molar-refractivity contribution is 14.0. The molecule has 0 aliphatic rings. The maximum absolute atomic E-state index is 13.1. The molecular weight excluding hydrogens is 502 g/mol. The maximum Gasteiger partial charge on any atom is 0.222 e. The van der Waals surface area contributed by atoms with Crippen molar-refractivity contribution < 1.29 is 18.7 Å². The minimum absolute atomic E-state index is 0. The van der Waals surface area contributed by atoms with Gasteiger partial charge in [0, 0.05) is 25.3 Å². The molecule has 0 aromatic heterocycles. The van der Waals surface area contributed by atoms with Gasteiger partial charge in [-0.25, -0.2) is 4.39 Å². The number of rotatable bonds is 9. The molecule has 0 saturated carbocycles. The maximum atomic E-state index is 13.1. The molecule has 0 heterocycles. The molecule has 9 heteroatoms. The minimum atomic E-state index is -0.478. The van der Waals surface area contributed by atoms with Gasteiger partial charge in [-0.1, -0.05) is 12.1 Å². The molecule has 0 bridgehead atoms. The van der Waals surface area contributed by atoms with Crippen LogP contribution >= 0.6 is 24.0 Å². The molecule has 7 nitrogen and oxygen atoms in total. The van der Waals surface area contributed by atoms with Crippen molar-refractivity contribution in [1.82, 2.24) is 5.32 Å². The highest BCUT2D eigenvalue weighted by atomic mass is 127. The van der Waals surface area contributed by atoms with E-state index in [4.69, 9.17) is 15.2 Å². The number of nitrogens with two attached hydrogens (primary N) is 1. The number of hydrogen-bond donors (Lipinski definition) is 3. The van der Waals surface area contributed by atoms with Crippen LogP contribution in [0.4, 0.5) is 10.1 Å². The summed E-state index contributed by atoms with van der Waals surface area (Å²) in [7, 11) is 3.21. The van der Waals surface area contributed by atoms with Gasteiger partial charge in [-0.05, 0) is 43.2 Å². The number of anilines is 1. The summed E-state index contributed by atoms with van der Waals surface area (Å²) >= 11 is 0. The van der Waals surface area contributed by atoms with Crippen LogP contribution in [0, 0.1) is 11.7 Å². The van der Waals surface area contributed by atoms with Crippen molar-refractivity contribution in [2.45, 2.75) is 13.3 Å². The van der Waals surface area contributed by atoms with Crippen LogP contribution in [0.25, 0.3) is 0 Å². The molecule has 2 aromatic rings. The van der Waals surface area contributed by atoms with Gasteiger partial charge in [0.15, 0.2) is 17.5 Å². The first-order chi connectivity index (χ1) is 14.0. The summed E-state index contributed by atoms with van der Waals surface area (Å²) < 4.78 is 23.9. The molecule has 0 spiro atoms. The number of methoxy groups -OCH3 is 1. The smallest absolute Gasteiger partial charge is 0.222 e. The number of aliphatic imine (C=N–C) groups is 1. The molecule has 164 valence electrons. The van der Waals surface area contributed by atoms with E-state index < -0.39 is 11.8 Å². The number of nitrogens with one attached hydrogen (secondary N) is 2. The molecule has 4 N–H and O–H groups in total. The van der Waals surface area contributed by atoms with Crippen LogP contribution in [-0.2, 0) is 11.2 Å². The lowest BCUT2D eigenvalue weighted by atomic mass is 9.98. The van der Waals surface area contributed by atoms with Gasteiger partial charge in [0.25, 0.3) is 0 Å². The molecule has 1 amide bonds. The molecule has 0 saturated heterocycles. The molecule has 0 aliphatic heterocycles. The number of carbonyl (C=O) groups is 1. The fraction of sp³-hybridized carbons (Fsp3) is 0.333. The van der Waals surface area contributed by atoms with Gasteiger partial charge in [-0.15, -0.1) is 24.0 Å². The zero-order valence-corrected chi connectivity index (χ0v) is 19.6. The number of nitrogens with zero attached hydrogens (tertiary/aromatic N) is 1. The number of benzene rings is 2. The monoisotopic (exact) mass is 530 g/mol. The standard InChI is InChI=1S/C21H27FN4O3.HI/c1-4-29-19-12-17(9-10-18(19)28-3)26-21(24-2)25-13-15(20(23)27)11-14-5-7-16(22)8-6-14;/h5-10,12,15H,4,11,13H2,1-3H3,(H2,23,27)(H2,24,25,26);1H. The van der Waals surface area contributed by atoms with Crippen LogP contribution in [-0.4, -0.2) is 39.2 Å². The molecule has 2 rings (SSSR count). The number of carbonyl (C=O) groups excluding carboxylic acids is 1. The molecule has 1 atom stereocenters. The third-order valence-electron chi connectivity index (χ3n) is 4.26. The largest absolute Gasteiger partial charge is 0.493 e. The van der Waals surface area contributed by atoms with Crippen molar-refractivity contribution in [2.24, 2.45) is 16.6 Å². The highest BCUT2D eigenvalue weighted by Gasteiger charge is 2.17. The first-order valence-corrected chi connectivity index (χ1v) is 9.29. The lowest BCUT2D eigenvalue weighted by Crippen LogP contribution is -2.40. The minimum Gasteiger partial charge on any atom is -0.493 e. The van der Waals surface area contributed by atoms with Crippen molar-refractivity contribution >= 4 is 41.5 Å². The van der Waals surface area contributed by atoms with E-state index >= 15 is 0 Å². The predicted molar refractivity (Wildman–Crippen MR) is 127 cm³/mol. The quantitative estimate of drug-likeness (QED) is 0.263. The van der Waals surface area contributed by atoms with Crippen LogP contribution in [0.2, 0.25) is 0 Å². The van der Waals surface area contributed by atoms with Gasteiger partial charge in [-0.3, -0.25) is 9.79 Å². The summed E-state index contributed by atoms with van der Waals surface area (Å²) in [5, 5.41) is 6.25. The lowest BCUT2D eigenvalue weighted by Gasteiger charge is -2.18. The Kier molecular flexibility index (Phi) is 10.9. The Morgan fingerprint density at radius 2 is 1.90 bits per heavy atom. The van der Waals surface area contributed by atoms with E-state index in [0.29, 0.717) is 30.5 Å². The Morgan fingerprint density at radius 3 is 2.47 bits per heavy atom. The zero-order valence-electron chi connectivity index (χ0n) is 17.3. The number of amides is 1. The van der Waals surface area contributed by atoms with E-state index in [1.807, 2.05) is 13.0 Å². The van der Waals surface area contributed by atoms with Gasteiger partial charge in [0.1, 0.15) is 5.82 Å². The number of primary amides is 1. The average Bonchev–Trinajstić information content (AvgIpc) is 2.71. The summed E-state index contributed by atoms with van der Waals surface area (Å²) in [5.41, 5.74) is 7.11. The first-order valence-electron chi connectivity index (χ1n) is 9.29. The third-order valence-corrected chi connectivity index (χ3v) is 4.26. The normalized spacial score (nSPS) is 11.8. The van der Waals surface area contributed by atoms with E-state index in [-0.39, 0.29) is 36.3 Å². The SMILES string of the molecule is CCOc1cc(NC(=NC)NCC(Cc2ccc(F)cc2)C(N)=O)ccc1OC.I. The zero-order chi connectivity index (χ0) is 21.2. The van der Waals surface area contributed by atoms with Crippen molar-refractivity contribution in [3.05, 3.63) is 53.8 Å². The van der Waals surface area contributed by atoms with Crippen molar-refractivity contribution in [3.63, 3.8) is 0 Å². The Balaban J connectivity index is 0.00000450. The van der Waals surface area contributed by atoms with E-state index in [1.165, 1.54) is 12.1 Å². The average molecular weight is 530 g/mol. The second kappa shape index (κ2) is 12.9. The van der Waals surface area contributed by atoms with Crippen LogP contribution in [0.15, 0.2) is 47.5 Å². The number of halogens is 2. The Labute approximate surface area is 193 Å². The first kappa shape index (κ1) is 25.5. The van der Waals surface area contributed by atoms with Crippen LogP contribution < -0.4 is 25.8 Å². The van der Waals surface area contributed by atoms with Crippen molar-refractivity contribution in [3.8, 4) is 11.5 Å². The Hall–Kier alpha value is -2.56. The van der Waals surface area contributed by atoms with Gasteiger partial charge >= 0.3 is 0 Å². The van der Waals surface area contributed by atoms with Crippen LogP contribution in [0.5, 0.6) is 11.5 Å². The predicted octanol–water partition coefficient (Wildman–Crippen LogP) is 3.18. The third kappa shape index (κ3) is 7.69. The summed E-state index contributed by atoms with van der Waals surface area (Å²) in [5.74, 6) is 0.477. The number of ether oxygens (including phenoxy) is 2. The second-order valence-corrected chi connectivity index (χ2v) is 6.31. The summed E-state index contributed by atoms with van der Waals surface area (Å²) in [6.07, 6.45) is 0.399. The Bertz CT molecular complexity index is 847. The van der Waals surface area contributed by atoms with Gasteiger partial charge < -0.3 is 25.8 Å². The van der Waals surface area contributed by atoms with Gasteiger partial charge in [0.05, 0.1) is 19.6 Å². The lowest BCUT2D eigenvalue weighted by molar-refractivity contribution is -0.121. The van der Waals surface area contributed by atoms with Gasteiger partial charge in [0.2, 0.25) is 5.91 Å². The molecule has 0 aliphatic carbocycles. The van der Waals surface area contributed by atoms with Gasteiger partial charge in [-0.2, -0.15) is 0 Å². The fourth-order valence-electron chi connectivity index (χ4n) is 2.74. The van der Waals surface area contributed by atoms with E-state index in [2.05, 4.69) is 15.6 Å². The number of guanidine groups is 1. The highest BCUT2D eigenvalue weighted by Crippen LogP contribution is 2.30.